The lowest BCUT2D eigenvalue weighted by Crippen LogP contribution is -2.50. The van der Waals surface area contributed by atoms with Gasteiger partial charge in [0, 0.05) is 28.8 Å². The second kappa shape index (κ2) is 6.28. The Labute approximate surface area is 167 Å². The first kappa shape index (κ1) is 17.1. The van der Waals surface area contributed by atoms with E-state index in [1.807, 2.05) is 53.4 Å². The van der Waals surface area contributed by atoms with Crippen molar-refractivity contribution < 1.29 is 9.59 Å². The number of carbonyl (C=O) groups is 2. The van der Waals surface area contributed by atoms with Crippen LogP contribution in [0.1, 0.15) is 24.0 Å². The van der Waals surface area contributed by atoms with Crippen LogP contribution in [0.2, 0.25) is 5.02 Å². The number of thioether (sulfide) groups is 1. The normalized spacial score (nSPS) is 24.0. The molecule has 2 amide bonds. The van der Waals surface area contributed by atoms with Gasteiger partial charge in [0.2, 0.25) is 5.91 Å². The molecule has 1 spiro atoms. The summed E-state index contributed by atoms with van der Waals surface area (Å²) in [5.41, 5.74) is 2.71. The molecule has 1 saturated heterocycles. The van der Waals surface area contributed by atoms with Crippen LogP contribution in [0.3, 0.4) is 0 Å². The summed E-state index contributed by atoms with van der Waals surface area (Å²) in [4.78, 5) is 29.4. The van der Waals surface area contributed by atoms with Crippen molar-refractivity contribution in [1.29, 1.82) is 0 Å². The zero-order valence-corrected chi connectivity index (χ0v) is 16.3. The van der Waals surface area contributed by atoms with Gasteiger partial charge in [-0.2, -0.15) is 0 Å². The molecule has 2 aromatic rings. The number of rotatable bonds is 3. The van der Waals surface area contributed by atoms with Crippen molar-refractivity contribution in [2.45, 2.75) is 24.3 Å². The average Bonchev–Trinajstić information content (AvgIpc) is 3.40. The highest BCUT2D eigenvalue weighted by atomic mass is 35.5. The van der Waals surface area contributed by atoms with Gasteiger partial charge in [-0.3, -0.25) is 9.59 Å². The van der Waals surface area contributed by atoms with Crippen molar-refractivity contribution >= 4 is 40.9 Å². The van der Waals surface area contributed by atoms with Gasteiger partial charge in [0.25, 0.3) is 5.91 Å². The van der Waals surface area contributed by atoms with E-state index in [-0.39, 0.29) is 17.7 Å². The summed E-state index contributed by atoms with van der Waals surface area (Å²) in [6.07, 6.45) is 1.88. The molecule has 1 unspecified atom stereocenters. The molecule has 0 bridgehead atoms. The first-order valence-electron chi connectivity index (χ1n) is 9.23. The van der Waals surface area contributed by atoms with E-state index in [4.69, 9.17) is 11.6 Å². The Morgan fingerprint density at radius 1 is 1.15 bits per heavy atom. The fourth-order valence-corrected chi connectivity index (χ4v) is 5.76. The van der Waals surface area contributed by atoms with E-state index < -0.39 is 4.87 Å². The number of halogens is 1. The molecule has 0 aromatic heterocycles. The molecule has 0 N–H and O–H groups in total. The maximum Gasteiger partial charge on any atom is 0.268 e. The van der Waals surface area contributed by atoms with Crippen LogP contribution in [0.15, 0.2) is 48.5 Å². The first-order chi connectivity index (χ1) is 13.1. The van der Waals surface area contributed by atoms with Gasteiger partial charge in [-0.1, -0.05) is 48.0 Å². The predicted octanol–water partition coefficient (Wildman–Crippen LogP) is 4.03. The molecule has 138 valence electrons. The van der Waals surface area contributed by atoms with E-state index in [2.05, 4.69) is 0 Å². The number of fused-ring (bicyclic) bond motifs is 2. The number of para-hydroxylation sites is 1. The number of hydrogen-bond acceptors (Lipinski definition) is 3. The maximum atomic E-state index is 13.7. The second-order valence-corrected chi connectivity index (χ2v) is 8.95. The molecule has 1 aliphatic carbocycles. The van der Waals surface area contributed by atoms with Gasteiger partial charge < -0.3 is 9.80 Å². The third kappa shape index (κ3) is 2.52. The predicted molar refractivity (Wildman–Crippen MR) is 108 cm³/mol. The minimum absolute atomic E-state index is 0.0277. The highest BCUT2D eigenvalue weighted by Crippen LogP contribution is 2.55. The van der Waals surface area contributed by atoms with E-state index in [1.54, 1.807) is 16.7 Å². The molecule has 2 aliphatic heterocycles. The van der Waals surface area contributed by atoms with Crippen LogP contribution in [-0.4, -0.2) is 29.0 Å². The highest BCUT2D eigenvalue weighted by molar-refractivity contribution is 8.01. The molecule has 6 heteroatoms. The van der Waals surface area contributed by atoms with Gasteiger partial charge in [-0.15, -0.1) is 11.8 Å². The van der Waals surface area contributed by atoms with E-state index in [0.29, 0.717) is 18.1 Å². The second-order valence-electron chi connectivity index (χ2n) is 7.26. The van der Waals surface area contributed by atoms with Crippen LogP contribution in [0.5, 0.6) is 0 Å². The number of anilines is 1. The third-order valence-electron chi connectivity index (χ3n) is 5.58. The number of nitrogens with zero attached hydrogens (tertiary/aromatic N) is 2. The Morgan fingerprint density at radius 2 is 1.89 bits per heavy atom. The molecule has 1 saturated carbocycles. The molecular formula is C21H19ClN2O2S. The van der Waals surface area contributed by atoms with E-state index in [1.165, 1.54) is 0 Å². The zero-order valence-electron chi connectivity index (χ0n) is 14.7. The van der Waals surface area contributed by atoms with Crippen molar-refractivity contribution in [3.05, 3.63) is 64.7 Å². The molecule has 2 heterocycles. The lowest BCUT2D eigenvalue weighted by molar-refractivity contribution is -0.141. The smallest absolute Gasteiger partial charge is 0.268 e. The summed E-state index contributed by atoms with van der Waals surface area (Å²) in [5.74, 6) is 0.972. The van der Waals surface area contributed by atoms with Crippen molar-refractivity contribution in [3.63, 3.8) is 0 Å². The van der Waals surface area contributed by atoms with E-state index in [0.717, 1.165) is 35.4 Å². The summed E-state index contributed by atoms with van der Waals surface area (Å²) >= 11 is 7.93. The van der Waals surface area contributed by atoms with Crippen LogP contribution in [0.4, 0.5) is 5.69 Å². The van der Waals surface area contributed by atoms with Gasteiger partial charge in [-0.25, -0.2) is 0 Å². The van der Waals surface area contributed by atoms with Crippen LogP contribution in [-0.2, 0) is 21.0 Å². The third-order valence-corrected chi connectivity index (χ3v) is 7.37. The number of amides is 2. The Bertz CT molecular complexity index is 945. The van der Waals surface area contributed by atoms with Crippen molar-refractivity contribution in [2.24, 2.45) is 5.92 Å². The Morgan fingerprint density at radius 3 is 2.67 bits per heavy atom. The molecule has 27 heavy (non-hydrogen) atoms. The minimum Gasteiger partial charge on any atom is -0.315 e. The average molecular weight is 399 g/mol. The maximum absolute atomic E-state index is 13.7. The number of carbonyl (C=O) groups excluding carboxylic acids is 2. The van der Waals surface area contributed by atoms with Crippen LogP contribution < -0.4 is 4.90 Å². The Kier molecular flexibility index (Phi) is 3.99. The standard InChI is InChI=1S/C21H19ClN2O2S/c22-17-7-3-1-5-15(17)13-23-18-8-4-2-6-16(18)21(20(23)26)24(11-12-27-21)19(25)14-9-10-14/h1-8,14H,9-13H2. The molecule has 3 aliphatic rings. The fourth-order valence-electron chi connectivity index (χ4n) is 4.09. The molecule has 0 radical (unpaired) electrons. The van der Waals surface area contributed by atoms with E-state index in [9.17, 15) is 9.59 Å². The topological polar surface area (TPSA) is 40.6 Å². The summed E-state index contributed by atoms with van der Waals surface area (Å²) in [5, 5.41) is 0.647. The van der Waals surface area contributed by atoms with Gasteiger partial charge in [0.1, 0.15) is 0 Å². The molecule has 5 rings (SSSR count). The summed E-state index contributed by atoms with van der Waals surface area (Å²) < 4.78 is 0. The number of hydrogen-bond donors (Lipinski definition) is 0. The van der Waals surface area contributed by atoms with Crippen molar-refractivity contribution in [3.8, 4) is 0 Å². The fraction of sp³-hybridized carbons (Fsp3) is 0.333. The van der Waals surface area contributed by atoms with Gasteiger partial charge in [0.15, 0.2) is 4.87 Å². The van der Waals surface area contributed by atoms with Gasteiger partial charge >= 0.3 is 0 Å². The first-order valence-corrected chi connectivity index (χ1v) is 10.6. The van der Waals surface area contributed by atoms with Gasteiger partial charge in [-0.05, 0) is 30.5 Å². The molecule has 2 fully saturated rings. The Hall–Kier alpha value is -1.98. The highest BCUT2D eigenvalue weighted by Gasteiger charge is 2.60. The SMILES string of the molecule is O=C(C1CC1)N1CCSC12C(=O)N(Cc1ccccc1Cl)c1ccccc12. The van der Waals surface area contributed by atoms with Crippen molar-refractivity contribution in [2.75, 3.05) is 17.2 Å². The molecule has 4 nitrogen and oxygen atoms in total. The summed E-state index contributed by atoms with van der Waals surface area (Å²) in [6.45, 7) is 1.03. The quantitative estimate of drug-likeness (QED) is 0.783. The Balaban J connectivity index is 1.59. The summed E-state index contributed by atoms with van der Waals surface area (Å²) in [6, 6.07) is 15.4. The zero-order chi connectivity index (χ0) is 18.6. The largest absolute Gasteiger partial charge is 0.315 e. The van der Waals surface area contributed by atoms with E-state index >= 15 is 0 Å². The molecule has 2 aromatic carbocycles. The lowest BCUT2D eigenvalue weighted by atomic mass is 10.1. The molecule has 1 atom stereocenters. The number of benzene rings is 2. The monoisotopic (exact) mass is 398 g/mol. The van der Waals surface area contributed by atoms with Crippen LogP contribution in [0, 0.1) is 5.92 Å². The van der Waals surface area contributed by atoms with Gasteiger partial charge in [0.05, 0.1) is 12.2 Å². The lowest BCUT2D eigenvalue weighted by Gasteiger charge is -2.33. The minimum atomic E-state index is -0.919. The van der Waals surface area contributed by atoms with Crippen molar-refractivity contribution in [1.82, 2.24) is 4.90 Å². The molecular weight excluding hydrogens is 380 g/mol. The van der Waals surface area contributed by atoms with Crippen LogP contribution in [0.25, 0.3) is 0 Å². The summed E-state index contributed by atoms with van der Waals surface area (Å²) in [7, 11) is 0. The van der Waals surface area contributed by atoms with Crippen LogP contribution >= 0.6 is 23.4 Å².